The average molecular weight is 1520 g/mol. The molecule has 0 aliphatic heterocycles. The maximum Gasteiger partial charge on any atom is 0.472 e. The number of rotatable bonds is 84. The van der Waals surface area contributed by atoms with Gasteiger partial charge in [-0.2, -0.15) is 0 Å². The van der Waals surface area contributed by atoms with E-state index in [0.717, 1.165) is 102 Å². The molecule has 0 aliphatic carbocycles. The molecule has 3 unspecified atom stereocenters. The summed E-state index contributed by atoms with van der Waals surface area (Å²) in [5.74, 6) is -0.500. The lowest BCUT2D eigenvalue weighted by Crippen LogP contribution is -2.30. The zero-order valence-electron chi connectivity index (χ0n) is 68.3. The Morgan fingerprint density at radius 3 is 0.731 bits per heavy atom. The number of unbranched alkanes of at least 4 members (excludes halogenated alkanes) is 53. The Morgan fingerprint density at radius 2 is 0.490 bits per heavy atom. The third-order valence-corrected chi connectivity index (χ3v) is 22.2. The van der Waals surface area contributed by atoms with Gasteiger partial charge in [-0.1, -0.05) is 401 Å². The molecule has 0 fully saturated rings. The molecule has 0 aromatic carbocycles. The summed E-state index contributed by atoms with van der Waals surface area (Å²) in [7, 11) is -9.93. The van der Waals surface area contributed by atoms with E-state index < -0.39 is 97.5 Å². The summed E-state index contributed by atoms with van der Waals surface area (Å²) in [6.07, 6.45) is 67.9. The Labute approximate surface area is 638 Å². The van der Waals surface area contributed by atoms with E-state index in [1.54, 1.807) is 0 Å². The predicted molar refractivity (Wildman–Crippen MR) is 428 cm³/mol. The van der Waals surface area contributed by atoms with Gasteiger partial charge in [-0.15, -0.1) is 0 Å². The predicted octanol–water partition coefficient (Wildman–Crippen LogP) is 25.8. The van der Waals surface area contributed by atoms with Gasteiger partial charge < -0.3 is 33.8 Å². The van der Waals surface area contributed by atoms with Crippen molar-refractivity contribution in [1.29, 1.82) is 0 Å². The second-order valence-electron chi connectivity index (χ2n) is 31.3. The number of aliphatic hydroxyl groups excluding tert-OH is 1. The molecular weight excluding hydrogens is 1350 g/mol. The summed E-state index contributed by atoms with van der Waals surface area (Å²) >= 11 is 0. The maximum atomic E-state index is 13.1. The average Bonchev–Trinajstić information content (AvgIpc) is 0.905. The minimum absolute atomic E-state index is 0.107. The zero-order valence-corrected chi connectivity index (χ0v) is 70.1. The zero-order chi connectivity index (χ0) is 76.4. The highest BCUT2D eigenvalue weighted by atomic mass is 31.2. The fourth-order valence-corrected chi connectivity index (χ4v) is 14.8. The molecule has 0 bridgehead atoms. The highest BCUT2D eigenvalue weighted by Gasteiger charge is 2.30. The largest absolute Gasteiger partial charge is 0.472 e. The molecule has 3 N–H and O–H groups in total. The highest BCUT2D eigenvalue weighted by Crippen LogP contribution is 2.45. The number of phosphoric acid groups is 2. The minimum Gasteiger partial charge on any atom is -0.462 e. The molecule has 0 amide bonds. The molecule has 618 valence electrons. The van der Waals surface area contributed by atoms with Gasteiger partial charge in [0.15, 0.2) is 12.2 Å². The van der Waals surface area contributed by atoms with Gasteiger partial charge in [0.25, 0.3) is 0 Å². The van der Waals surface area contributed by atoms with Gasteiger partial charge >= 0.3 is 39.5 Å². The quantitative estimate of drug-likeness (QED) is 0.0222. The first kappa shape index (κ1) is 102. The van der Waals surface area contributed by atoms with Crippen molar-refractivity contribution < 1.29 is 80.2 Å². The van der Waals surface area contributed by atoms with Crippen LogP contribution >= 0.6 is 15.6 Å². The molecule has 0 aliphatic rings. The van der Waals surface area contributed by atoms with Gasteiger partial charge in [0.1, 0.15) is 19.3 Å². The highest BCUT2D eigenvalue weighted by molar-refractivity contribution is 7.47. The normalized spacial score (nSPS) is 14.1. The molecule has 0 radical (unpaired) electrons. The number of hydrogen-bond donors (Lipinski definition) is 3. The Bertz CT molecular complexity index is 2000. The number of carbonyl (C=O) groups is 4. The van der Waals surface area contributed by atoms with Crippen LogP contribution < -0.4 is 0 Å². The molecule has 0 heterocycles. The van der Waals surface area contributed by atoms with E-state index in [2.05, 4.69) is 41.5 Å². The minimum atomic E-state index is -4.97. The van der Waals surface area contributed by atoms with Crippen LogP contribution in [-0.2, 0) is 65.4 Å². The van der Waals surface area contributed by atoms with Crippen molar-refractivity contribution >= 4 is 39.5 Å². The molecule has 0 saturated carbocycles. The van der Waals surface area contributed by atoms with E-state index >= 15 is 0 Å². The lowest BCUT2D eigenvalue weighted by molar-refractivity contribution is -0.161. The van der Waals surface area contributed by atoms with Crippen LogP contribution in [0.5, 0.6) is 0 Å². The van der Waals surface area contributed by atoms with E-state index in [4.69, 9.17) is 37.0 Å². The molecule has 0 rings (SSSR count). The van der Waals surface area contributed by atoms with Gasteiger partial charge in [0, 0.05) is 25.7 Å². The molecule has 0 spiro atoms. The van der Waals surface area contributed by atoms with Gasteiger partial charge in [0.05, 0.1) is 26.4 Å². The van der Waals surface area contributed by atoms with Crippen LogP contribution in [0.15, 0.2) is 0 Å². The van der Waals surface area contributed by atoms with Crippen LogP contribution in [0.25, 0.3) is 0 Å². The summed E-state index contributed by atoms with van der Waals surface area (Å²) in [5, 5.41) is 10.7. The first-order chi connectivity index (χ1) is 50.4. The molecular formula is C85H166O17P2. The topological polar surface area (TPSA) is 237 Å². The van der Waals surface area contributed by atoms with Crippen LogP contribution in [0.1, 0.15) is 452 Å². The first-order valence-corrected chi connectivity index (χ1v) is 47.0. The Kier molecular flexibility index (Phi) is 75.0. The Balaban J connectivity index is 5.26. The number of hydrogen-bond acceptors (Lipinski definition) is 15. The Morgan fingerprint density at radius 1 is 0.279 bits per heavy atom. The second-order valence-corrected chi connectivity index (χ2v) is 34.2. The lowest BCUT2D eigenvalue weighted by atomic mass is 9.99. The van der Waals surface area contributed by atoms with Crippen molar-refractivity contribution in [3.63, 3.8) is 0 Å². The van der Waals surface area contributed by atoms with Crippen LogP contribution in [0.4, 0.5) is 0 Å². The van der Waals surface area contributed by atoms with Gasteiger partial charge in [-0.25, -0.2) is 9.13 Å². The molecule has 19 heteroatoms. The lowest BCUT2D eigenvalue weighted by Gasteiger charge is -2.21. The van der Waals surface area contributed by atoms with Crippen LogP contribution in [0.2, 0.25) is 0 Å². The van der Waals surface area contributed by atoms with Gasteiger partial charge in [-0.05, 0) is 37.5 Å². The van der Waals surface area contributed by atoms with Crippen LogP contribution in [0, 0.1) is 11.8 Å². The van der Waals surface area contributed by atoms with Crippen LogP contribution in [0.3, 0.4) is 0 Å². The maximum absolute atomic E-state index is 13.1. The summed E-state index contributed by atoms with van der Waals surface area (Å²) in [6, 6.07) is 0. The number of ether oxygens (including phenoxy) is 4. The van der Waals surface area contributed by atoms with Crippen molar-refractivity contribution in [2.45, 2.75) is 471 Å². The van der Waals surface area contributed by atoms with E-state index in [1.165, 1.54) is 270 Å². The van der Waals surface area contributed by atoms with Crippen molar-refractivity contribution in [1.82, 2.24) is 0 Å². The SMILES string of the molecule is CCCCCCCCCCCCCCCCCCCCCCC(=O)O[C@H](COC(=O)CCCCCCCCCCCCCCCCC(C)C)COP(=O)(O)OC[C@@H](O)COP(=O)(O)OC[C@@H](COC(=O)CCCCCCCCCCCCCCC)OC(=O)CCCCCCCCCCCCC(C)CC. The summed E-state index contributed by atoms with van der Waals surface area (Å²) in [6.45, 7) is 9.72. The standard InChI is InChI=1S/C85H166O17P2/c1-7-10-12-14-16-18-20-22-23-24-25-26-27-28-34-38-45-51-57-63-69-84(89)101-80(73-96-83(88)68-62-56-50-44-37-33-30-29-32-35-41-47-53-59-65-77(4)5)75-99-103(91,92)97-71-79(86)72-98-104(93,94)100-76-81(74-95-82(87)67-61-55-49-43-36-31-21-19-17-15-13-11-8-2)102-85(90)70-64-58-52-46-40-39-42-48-54-60-66-78(6)9-3/h77-81,86H,7-76H2,1-6H3,(H,91,92)(H,93,94)/t78?,79-,80-,81-/m1/s1. The third kappa shape index (κ3) is 76.8. The summed E-state index contributed by atoms with van der Waals surface area (Å²) < 4.78 is 68.9. The monoisotopic (exact) mass is 1520 g/mol. The van der Waals surface area contributed by atoms with Crippen molar-refractivity contribution in [2.24, 2.45) is 11.8 Å². The molecule has 17 nitrogen and oxygen atoms in total. The molecule has 0 aromatic heterocycles. The fourth-order valence-electron chi connectivity index (χ4n) is 13.2. The summed E-state index contributed by atoms with van der Waals surface area (Å²) in [5.41, 5.74) is 0. The van der Waals surface area contributed by atoms with E-state index in [-0.39, 0.29) is 25.7 Å². The fraction of sp³-hybridized carbons (Fsp3) is 0.953. The van der Waals surface area contributed by atoms with Crippen molar-refractivity contribution in [3.8, 4) is 0 Å². The first-order valence-electron chi connectivity index (χ1n) is 44.0. The number of esters is 4. The van der Waals surface area contributed by atoms with Gasteiger partial charge in [0.2, 0.25) is 0 Å². The molecule has 6 atom stereocenters. The van der Waals surface area contributed by atoms with E-state index in [0.29, 0.717) is 25.7 Å². The van der Waals surface area contributed by atoms with E-state index in [9.17, 15) is 43.2 Å². The van der Waals surface area contributed by atoms with E-state index in [1.807, 2.05) is 0 Å². The number of carbonyl (C=O) groups excluding carboxylic acids is 4. The third-order valence-electron chi connectivity index (χ3n) is 20.3. The number of aliphatic hydroxyl groups is 1. The second kappa shape index (κ2) is 76.4. The van der Waals surface area contributed by atoms with Gasteiger partial charge in [-0.3, -0.25) is 37.3 Å². The van der Waals surface area contributed by atoms with Crippen LogP contribution in [-0.4, -0.2) is 96.7 Å². The summed E-state index contributed by atoms with van der Waals surface area (Å²) in [4.78, 5) is 73.2. The molecule has 0 aromatic rings. The van der Waals surface area contributed by atoms with Crippen molar-refractivity contribution in [2.75, 3.05) is 39.6 Å². The van der Waals surface area contributed by atoms with Crippen molar-refractivity contribution in [3.05, 3.63) is 0 Å². The molecule has 0 saturated heterocycles. The smallest absolute Gasteiger partial charge is 0.462 e. The molecule has 104 heavy (non-hydrogen) atoms. The Hall–Kier alpha value is -1.94. The number of phosphoric ester groups is 2.